The largest absolute Gasteiger partial charge is 0.497 e. The first-order chi connectivity index (χ1) is 12.6. The number of ether oxygens (including phenoxy) is 2. The summed E-state index contributed by atoms with van der Waals surface area (Å²) in [5, 5.41) is 2.89. The summed E-state index contributed by atoms with van der Waals surface area (Å²) >= 11 is 0. The minimum atomic E-state index is -0.0432. The smallest absolute Gasteiger partial charge is 0.220 e. The van der Waals surface area contributed by atoms with Crippen molar-refractivity contribution in [2.75, 3.05) is 20.8 Å². The number of ketones is 1. The van der Waals surface area contributed by atoms with Gasteiger partial charge in [0.1, 0.15) is 11.5 Å². The second kappa shape index (κ2) is 10.2. The van der Waals surface area contributed by atoms with Crippen molar-refractivity contribution in [3.05, 3.63) is 59.7 Å². The van der Waals surface area contributed by atoms with E-state index in [1.807, 2.05) is 36.4 Å². The predicted octanol–water partition coefficient (Wildman–Crippen LogP) is 3.42. The van der Waals surface area contributed by atoms with Gasteiger partial charge < -0.3 is 14.8 Å². The molecule has 2 aromatic carbocycles. The van der Waals surface area contributed by atoms with Gasteiger partial charge in [0.2, 0.25) is 5.91 Å². The van der Waals surface area contributed by atoms with Crippen molar-refractivity contribution in [3.63, 3.8) is 0 Å². The van der Waals surface area contributed by atoms with Gasteiger partial charge in [-0.1, -0.05) is 36.4 Å². The second-order valence-corrected chi connectivity index (χ2v) is 5.92. The standard InChI is InChI=1S/C21H25NO4/c1-25-18-12-11-17(20(15-18)26-2)13-14-22-21(24)10-6-9-19(23)16-7-4-3-5-8-16/h3-5,7-8,11-12,15H,6,9-10,13-14H2,1-2H3,(H,22,24). The van der Waals surface area contributed by atoms with Gasteiger partial charge >= 0.3 is 0 Å². The van der Waals surface area contributed by atoms with Crippen LogP contribution in [0, 0.1) is 0 Å². The van der Waals surface area contributed by atoms with Gasteiger partial charge in [0.15, 0.2) is 5.78 Å². The van der Waals surface area contributed by atoms with Crippen LogP contribution in [0.5, 0.6) is 11.5 Å². The summed E-state index contributed by atoms with van der Waals surface area (Å²) in [5.41, 5.74) is 1.70. The maximum absolute atomic E-state index is 12.0. The van der Waals surface area contributed by atoms with E-state index in [4.69, 9.17) is 9.47 Å². The molecule has 0 fully saturated rings. The summed E-state index contributed by atoms with van der Waals surface area (Å²) < 4.78 is 10.5. The van der Waals surface area contributed by atoms with Gasteiger partial charge in [-0.15, -0.1) is 0 Å². The first-order valence-electron chi connectivity index (χ1n) is 8.70. The van der Waals surface area contributed by atoms with Crippen molar-refractivity contribution in [2.24, 2.45) is 0 Å². The van der Waals surface area contributed by atoms with Crippen molar-refractivity contribution in [2.45, 2.75) is 25.7 Å². The molecule has 0 spiro atoms. The Kier molecular flexibility index (Phi) is 7.68. The molecule has 0 radical (unpaired) electrons. The van der Waals surface area contributed by atoms with Gasteiger partial charge in [0, 0.05) is 31.0 Å². The number of hydrogen-bond donors (Lipinski definition) is 1. The Morgan fingerprint density at radius 3 is 2.42 bits per heavy atom. The van der Waals surface area contributed by atoms with Gasteiger partial charge in [0.05, 0.1) is 14.2 Å². The van der Waals surface area contributed by atoms with Crippen molar-refractivity contribution in [1.82, 2.24) is 5.32 Å². The van der Waals surface area contributed by atoms with E-state index in [1.54, 1.807) is 26.4 Å². The molecule has 5 heteroatoms. The van der Waals surface area contributed by atoms with E-state index in [1.165, 1.54) is 0 Å². The maximum atomic E-state index is 12.0. The fourth-order valence-corrected chi connectivity index (χ4v) is 2.66. The molecule has 0 unspecified atom stereocenters. The van der Waals surface area contributed by atoms with Gasteiger partial charge in [0.25, 0.3) is 0 Å². The number of Topliss-reactive ketones (excluding diaryl/α,β-unsaturated/α-hetero) is 1. The molecule has 0 aliphatic carbocycles. The van der Waals surface area contributed by atoms with E-state index >= 15 is 0 Å². The Bertz CT molecular complexity index is 728. The number of carbonyl (C=O) groups excluding carboxylic acids is 2. The second-order valence-electron chi connectivity index (χ2n) is 5.92. The number of nitrogens with one attached hydrogen (secondary N) is 1. The lowest BCUT2D eigenvalue weighted by Gasteiger charge is -2.11. The molecule has 1 N–H and O–H groups in total. The third kappa shape index (κ3) is 5.92. The molecule has 0 saturated carbocycles. The molecule has 2 rings (SSSR count). The Morgan fingerprint density at radius 2 is 1.73 bits per heavy atom. The minimum Gasteiger partial charge on any atom is -0.497 e. The van der Waals surface area contributed by atoms with Crippen LogP contribution in [0.15, 0.2) is 48.5 Å². The van der Waals surface area contributed by atoms with Crippen molar-refractivity contribution in [3.8, 4) is 11.5 Å². The number of hydrogen-bond acceptors (Lipinski definition) is 4. The average Bonchev–Trinajstić information content (AvgIpc) is 2.68. The SMILES string of the molecule is COc1ccc(CCNC(=O)CCCC(=O)c2ccccc2)c(OC)c1. The van der Waals surface area contributed by atoms with Gasteiger partial charge in [-0.25, -0.2) is 0 Å². The summed E-state index contributed by atoms with van der Waals surface area (Å²) in [6, 6.07) is 14.8. The van der Waals surface area contributed by atoms with Gasteiger partial charge in [-0.05, 0) is 24.5 Å². The molecular weight excluding hydrogens is 330 g/mol. The fraction of sp³-hybridized carbons (Fsp3) is 0.333. The Labute approximate surface area is 154 Å². The number of methoxy groups -OCH3 is 2. The van der Waals surface area contributed by atoms with Crippen LogP contribution in [0.4, 0.5) is 0 Å². The molecule has 5 nitrogen and oxygen atoms in total. The minimum absolute atomic E-state index is 0.0432. The zero-order valence-electron chi connectivity index (χ0n) is 15.3. The average molecular weight is 355 g/mol. The van der Waals surface area contributed by atoms with Gasteiger partial charge in [-0.3, -0.25) is 9.59 Å². The van der Waals surface area contributed by atoms with Crippen molar-refractivity contribution >= 4 is 11.7 Å². The van der Waals surface area contributed by atoms with Crippen LogP contribution in [-0.2, 0) is 11.2 Å². The molecule has 0 aromatic heterocycles. The molecule has 138 valence electrons. The normalized spacial score (nSPS) is 10.2. The summed E-state index contributed by atoms with van der Waals surface area (Å²) in [6.45, 7) is 0.522. The highest BCUT2D eigenvalue weighted by Gasteiger charge is 2.08. The van der Waals surface area contributed by atoms with E-state index in [2.05, 4.69) is 5.32 Å². The third-order valence-electron chi connectivity index (χ3n) is 4.11. The Balaban J connectivity index is 1.70. The molecular formula is C21H25NO4. The topological polar surface area (TPSA) is 64.6 Å². The lowest BCUT2D eigenvalue weighted by Crippen LogP contribution is -2.25. The van der Waals surface area contributed by atoms with E-state index in [9.17, 15) is 9.59 Å². The molecule has 0 bridgehead atoms. The fourth-order valence-electron chi connectivity index (χ4n) is 2.66. The van der Waals surface area contributed by atoms with E-state index in [-0.39, 0.29) is 11.7 Å². The zero-order chi connectivity index (χ0) is 18.8. The Morgan fingerprint density at radius 1 is 0.962 bits per heavy atom. The van der Waals surface area contributed by atoms with E-state index in [0.717, 1.165) is 17.1 Å². The molecule has 0 aliphatic heterocycles. The number of benzene rings is 2. The summed E-state index contributed by atoms with van der Waals surface area (Å²) in [7, 11) is 3.22. The highest BCUT2D eigenvalue weighted by Crippen LogP contribution is 2.24. The van der Waals surface area contributed by atoms with Gasteiger partial charge in [-0.2, -0.15) is 0 Å². The lowest BCUT2D eigenvalue weighted by atomic mass is 10.1. The van der Waals surface area contributed by atoms with Crippen LogP contribution in [0.3, 0.4) is 0 Å². The molecule has 0 atom stereocenters. The highest BCUT2D eigenvalue weighted by molar-refractivity contribution is 5.96. The molecule has 2 aromatic rings. The summed E-state index contributed by atoms with van der Waals surface area (Å²) in [6.07, 6.45) is 1.94. The van der Waals surface area contributed by atoms with Crippen LogP contribution in [0.2, 0.25) is 0 Å². The number of rotatable bonds is 10. The predicted molar refractivity (Wildman–Crippen MR) is 101 cm³/mol. The summed E-state index contributed by atoms with van der Waals surface area (Å²) in [5.74, 6) is 1.50. The molecule has 1 amide bonds. The first kappa shape index (κ1) is 19.5. The lowest BCUT2D eigenvalue weighted by molar-refractivity contribution is -0.121. The molecule has 0 heterocycles. The monoisotopic (exact) mass is 355 g/mol. The maximum Gasteiger partial charge on any atom is 0.220 e. The first-order valence-corrected chi connectivity index (χ1v) is 8.70. The molecule has 0 saturated heterocycles. The third-order valence-corrected chi connectivity index (χ3v) is 4.11. The van der Waals surface area contributed by atoms with E-state index < -0.39 is 0 Å². The molecule has 26 heavy (non-hydrogen) atoms. The zero-order valence-corrected chi connectivity index (χ0v) is 15.3. The van der Waals surface area contributed by atoms with Crippen molar-refractivity contribution < 1.29 is 19.1 Å². The van der Waals surface area contributed by atoms with Crippen LogP contribution < -0.4 is 14.8 Å². The highest BCUT2D eigenvalue weighted by atomic mass is 16.5. The Hall–Kier alpha value is -2.82. The van der Waals surface area contributed by atoms with Crippen LogP contribution in [-0.4, -0.2) is 32.5 Å². The molecule has 0 aliphatic rings. The quantitative estimate of drug-likeness (QED) is 0.663. The van der Waals surface area contributed by atoms with Crippen LogP contribution in [0.1, 0.15) is 35.2 Å². The summed E-state index contributed by atoms with van der Waals surface area (Å²) in [4.78, 5) is 23.9. The van der Waals surface area contributed by atoms with Crippen molar-refractivity contribution in [1.29, 1.82) is 0 Å². The van der Waals surface area contributed by atoms with Crippen LogP contribution in [0.25, 0.3) is 0 Å². The van der Waals surface area contributed by atoms with E-state index in [0.29, 0.717) is 37.8 Å². The van der Waals surface area contributed by atoms with Crippen LogP contribution >= 0.6 is 0 Å². The number of carbonyl (C=O) groups is 2. The number of amides is 1.